The molecule has 0 radical (unpaired) electrons. The van der Waals surface area contributed by atoms with E-state index in [4.69, 9.17) is 4.74 Å². The number of carbonyl (C=O) groups excluding carboxylic acids is 1. The summed E-state index contributed by atoms with van der Waals surface area (Å²) >= 11 is 0. The molecule has 1 aliphatic heterocycles. The molecule has 0 aromatic heterocycles. The predicted molar refractivity (Wildman–Crippen MR) is 118 cm³/mol. The molecule has 3 rings (SSSR count). The van der Waals surface area contributed by atoms with Crippen LogP contribution in [0.2, 0.25) is 0 Å². The first-order chi connectivity index (χ1) is 14.6. The normalized spacial score (nSPS) is 15.1. The van der Waals surface area contributed by atoms with Crippen LogP contribution in [0, 0.1) is 0 Å². The van der Waals surface area contributed by atoms with E-state index in [0.29, 0.717) is 24.0 Å². The van der Waals surface area contributed by atoms with E-state index in [0.717, 1.165) is 11.1 Å². The molecule has 0 spiro atoms. The molecule has 0 amide bonds. The number of aromatic hydroxyl groups is 4. The minimum absolute atomic E-state index is 0.0395. The summed E-state index contributed by atoms with van der Waals surface area (Å²) in [4.78, 5) is 12.9. The molecule has 0 unspecified atom stereocenters. The smallest absolute Gasteiger partial charge is 0.174 e. The molecule has 164 valence electrons. The van der Waals surface area contributed by atoms with Gasteiger partial charge in [-0.3, -0.25) is 4.79 Å². The summed E-state index contributed by atoms with van der Waals surface area (Å²) in [6.07, 6.45) is 2.23. The van der Waals surface area contributed by atoms with Crippen molar-refractivity contribution in [1.29, 1.82) is 0 Å². The molecule has 0 saturated carbocycles. The molecule has 0 bridgehead atoms. The van der Waals surface area contributed by atoms with Crippen LogP contribution in [-0.4, -0.2) is 26.2 Å². The fraction of sp³-hybridized carbons (Fsp3) is 0.320. The number of fused-ring (bicyclic) bond motifs is 1. The molecule has 1 aliphatic rings. The summed E-state index contributed by atoms with van der Waals surface area (Å²) in [5, 5.41) is 40.7. The average Bonchev–Trinajstić information content (AvgIpc) is 2.66. The second-order valence-corrected chi connectivity index (χ2v) is 8.34. The summed E-state index contributed by atoms with van der Waals surface area (Å²) < 4.78 is 6.09. The topological polar surface area (TPSA) is 107 Å². The van der Waals surface area contributed by atoms with Gasteiger partial charge < -0.3 is 25.2 Å². The Bertz CT molecular complexity index is 1090. The largest absolute Gasteiger partial charge is 0.508 e. The molecule has 1 heterocycles. The van der Waals surface area contributed by atoms with E-state index in [1.807, 2.05) is 27.7 Å². The number of ketones is 1. The molecule has 0 aliphatic carbocycles. The maximum Gasteiger partial charge on any atom is 0.174 e. The van der Waals surface area contributed by atoms with Gasteiger partial charge in [-0.2, -0.15) is 0 Å². The van der Waals surface area contributed by atoms with Crippen LogP contribution < -0.4 is 4.74 Å². The summed E-state index contributed by atoms with van der Waals surface area (Å²) in [6, 6.07) is 5.25. The third kappa shape index (κ3) is 4.68. The molecular formula is C25H28O6. The number of phenols is 4. The van der Waals surface area contributed by atoms with Gasteiger partial charge in [-0.25, -0.2) is 0 Å². The Balaban J connectivity index is 2.08. The van der Waals surface area contributed by atoms with E-state index in [-0.39, 0.29) is 46.5 Å². The Kier molecular flexibility index (Phi) is 6.29. The lowest BCUT2D eigenvalue weighted by Gasteiger charge is -2.29. The van der Waals surface area contributed by atoms with E-state index >= 15 is 0 Å². The van der Waals surface area contributed by atoms with Crippen molar-refractivity contribution in [3.05, 3.63) is 63.8 Å². The Hall–Kier alpha value is -3.41. The van der Waals surface area contributed by atoms with E-state index in [1.54, 1.807) is 0 Å². The second kappa shape index (κ2) is 8.76. The number of allylic oxidation sites excluding steroid dienone is 4. The van der Waals surface area contributed by atoms with Crippen molar-refractivity contribution in [1.82, 2.24) is 0 Å². The van der Waals surface area contributed by atoms with Gasteiger partial charge in [-0.05, 0) is 46.2 Å². The summed E-state index contributed by atoms with van der Waals surface area (Å²) in [7, 11) is 0. The predicted octanol–water partition coefficient (Wildman–Crippen LogP) is 5.45. The van der Waals surface area contributed by atoms with Crippen LogP contribution in [0.5, 0.6) is 28.7 Å². The van der Waals surface area contributed by atoms with Gasteiger partial charge in [0.2, 0.25) is 0 Å². The SMILES string of the molecule is CC(C)=CCC(Cc1c(O)cc(O)c2c1O[C@H](c1ccc(O)cc1O)CC2=O)=C(C)C. The number of Topliss-reactive ketones (excluding diaryl/α,β-unsaturated/α-hetero) is 1. The maximum absolute atomic E-state index is 12.9. The first-order valence-electron chi connectivity index (χ1n) is 10.2. The molecule has 4 N–H and O–H groups in total. The van der Waals surface area contributed by atoms with Gasteiger partial charge in [0.05, 0.1) is 6.42 Å². The molecule has 31 heavy (non-hydrogen) atoms. The van der Waals surface area contributed by atoms with Crippen molar-refractivity contribution in [3.63, 3.8) is 0 Å². The Morgan fingerprint density at radius 2 is 1.74 bits per heavy atom. The van der Waals surface area contributed by atoms with Gasteiger partial charge in [0, 0.05) is 29.7 Å². The fourth-order valence-corrected chi connectivity index (χ4v) is 3.67. The highest BCUT2D eigenvalue weighted by atomic mass is 16.5. The summed E-state index contributed by atoms with van der Waals surface area (Å²) in [6.45, 7) is 8.00. The van der Waals surface area contributed by atoms with Gasteiger partial charge in [0.25, 0.3) is 0 Å². The van der Waals surface area contributed by atoms with E-state index in [2.05, 4.69) is 6.08 Å². The minimum atomic E-state index is -0.812. The minimum Gasteiger partial charge on any atom is -0.508 e. The highest BCUT2D eigenvalue weighted by Gasteiger charge is 2.34. The average molecular weight is 424 g/mol. The Morgan fingerprint density at radius 3 is 2.35 bits per heavy atom. The number of benzene rings is 2. The van der Waals surface area contributed by atoms with Gasteiger partial charge >= 0.3 is 0 Å². The number of carbonyl (C=O) groups is 1. The lowest BCUT2D eigenvalue weighted by atomic mass is 9.89. The van der Waals surface area contributed by atoms with E-state index in [1.165, 1.54) is 29.8 Å². The quantitative estimate of drug-likeness (QED) is 0.476. The molecule has 0 fully saturated rings. The number of phenolic OH excluding ortho intramolecular Hbond substituents is 4. The number of hydrogen-bond donors (Lipinski definition) is 4. The molecule has 2 aromatic rings. The standard InChI is InChI=1S/C25H28O6/c1-13(2)5-6-15(14(3)4)9-18-20(28)11-21(29)24-22(30)12-23(31-25(18)24)17-8-7-16(26)10-19(17)27/h5,7-8,10-11,23,26-29H,6,9,12H2,1-4H3/t23-/m0/s1. The van der Waals surface area contributed by atoms with Crippen LogP contribution in [0.3, 0.4) is 0 Å². The van der Waals surface area contributed by atoms with Crippen molar-refractivity contribution in [2.24, 2.45) is 0 Å². The maximum atomic E-state index is 12.9. The van der Waals surface area contributed by atoms with Crippen LogP contribution in [0.25, 0.3) is 0 Å². The van der Waals surface area contributed by atoms with Crippen LogP contribution in [0.4, 0.5) is 0 Å². The molecule has 1 atom stereocenters. The van der Waals surface area contributed by atoms with Crippen LogP contribution in [0.1, 0.15) is 68.1 Å². The zero-order valence-corrected chi connectivity index (χ0v) is 18.2. The van der Waals surface area contributed by atoms with Crippen molar-refractivity contribution in [3.8, 4) is 28.7 Å². The monoisotopic (exact) mass is 424 g/mol. The Labute approximate surface area is 181 Å². The van der Waals surface area contributed by atoms with Crippen molar-refractivity contribution in [2.75, 3.05) is 0 Å². The molecule has 6 nitrogen and oxygen atoms in total. The lowest BCUT2D eigenvalue weighted by molar-refractivity contribution is 0.0839. The third-order valence-corrected chi connectivity index (χ3v) is 5.46. The highest BCUT2D eigenvalue weighted by Crippen LogP contribution is 2.47. The van der Waals surface area contributed by atoms with Gasteiger partial charge in [-0.1, -0.05) is 22.8 Å². The van der Waals surface area contributed by atoms with Crippen molar-refractivity contribution in [2.45, 2.75) is 53.1 Å². The molecule has 0 saturated heterocycles. The second-order valence-electron chi connectivity index (χ2n) is 8.34. The number of hydrogen-bond acceptors (Lipinski definition) is 6. The first kappa shape index (κ1) is 22.3. The summed E-state index contributed by atoms with van der Waals surface area (Å²) in [5.41, 5.74) is 4.13. The van der Waals surface area contributed by atoms with Crippen LogP contribution in [-0.2, 0) is 6.42 Å². The van der Waals surface area contributed by atoms with Crippen LogP contribution in [0.15, 0.2) is 47.1 Å². The zero-order chi connectivity index (χ0) is 22.9. The summed E-state index contributed by atoms with van der Waals surface area (Å²) in [5.74, 6) is -1.01. The van der Waals surface area contributed by atoms with Gasteiger partial charge in [0.15, 0.2) is 5.78 Å². The molecular weight excluding hydrogens is 396 g/mol. The van der Waals surface area contributed by atoms with Crippen LogP contribution >= 0.6 is 0 Å². The van der Waals surface area contributed by atoms with Crippen molar-refractivity contribution >= 4 is 5.78 Å². The highest BCUT2D eigenvalue weighted by molar-refractivity contribution is 6.03. The van der Waals surface area contributed by atoms with Gasteiger partial charge in [0.1, 0.15) is 40.4 Å². The van der Waals surface area contributed by atoms with Gasteiger partial charge in [-0.15, -0.1) is 0 Å². The first-order valence-corrected chi connectivity index (χ1v) is 10.2. The van der Waals surface area contributed by atoms with Crippen molar-refractivity contribution < 1.29 is 30.0 Å². The Morgan fingerprint density at radius 1 is 1.03 bits per heavy atom. The zero-order valence-electron chi connectivity index (χ0n) is 18.2. The number of ether oxygens (including phenoxy) is 1. The lowest BCUT2D eigenvalue weighted by Crippen LogP contribution is -2.22. The fourth-order valence-electron chi connectivity index (χ4n) is 3.67. The molecule has 6 heteroatoms. The van der Waals surface area contributed by atoms with E-state index < -0.39 is 6.10 Å². The number of rotatable bonds is 5. The molecule has 2 aromatic carbocycles. The van der Waals surface area contributed by atoms with E-state index in [9.17, 15) is 25.2 Å². The third-order valence-electron chi connectivity index (χ3n) is 5.46.